The van der Waals surface area contributed by atoms with E-state index in [1.165, 1.54) is 0 Å². The van der Waals surface area contributed by atoms with Gasteiger partial charge in [0.25, 0.3) is 0 Å². The quantitative estimate of drug-likeness (QED) is 0.554. The number of amides is 1. The number of aliphatic carboxylic acids is 2. The van der Waals surface area contributed by atoms with Crippen LogP contribution in [0.1, 0.15) is 39.5 Å². The number of nitrogens with one attached hydrogen (secondary N) is 2. The lowest BCUT2D eigenvalue weighted by atomic mass is 9.77. The van der Waals surface area contributed by atoms with Crippen LogP contribution in [0.4, 0.5) is 0 Å². The molecule has 1 amide bonds. The Bertz CT molecular complexity index is 394. The van der Waals surface area contributed by atoms with E-state index in [1.54, 1.807) is 0 Å². The fraction of sp³-hybridized carbons (Fsp3) is 0.769. The Labute approximate surface area is 117 Å². The number of carbonyl (C=O) groups is 3. The molecule has 4 N–H and O–H groups in total. The van der Waals surface area contributed by atoms with Crippen molar-refractivity contribution in [3.8, 4) is 0 Å². The molecule has 1 fully saturated rings. The molecule has 1 aliphatic heterocycles. The Morgan fingerprint density at radius 1 is 1.35 bits per heavy atom. The van der Waals surface area contributed by atoms with Crippen LogP contribution < -0.4 is 10.6 Å². The molecule has 7 nitrogen and oxygen atoms in total. The molecule has 0 aromatic heterocycles. The molecule has 1 aliphatic rings. The van der Waals surface area contributed by atoms with Crippen molar-refractivity contribution in [2.45, 2.75) is 51.6 Å². The van der Waals surface area contributed by atoms with E-state index in [1.807, 2.05) is 13.8 Å². The van der Waals surface area contributed by atoms with Crippen LogP contribution in [0.25, 0.3) is 0 Å². The summed E-state index contributed by atoms with van der Waals surface area (Å²) in [6, 6.07) is -1.62. The maximum absolute atomic E-state index is 12.2. The van der Waals surface area contributed by atoms with Gasteiger partial charge in [0, 0.05) is 6.42 Å². The predicted octanol–water partition coefficient (Wildman–Crippen LogP) is 0.199. The Morgan fingerprint density at radius 2 is 2.00 bits per heavy atom. The lowest BCUT2D eigenvalue weighted by Crippen LogP contribution is -2.58. The van der Waals surface area contributed by atoms with Crippen LogP contribution >= 0.6 is 0 Å². The molecule has 0 bridgehead atoms. The van der Waals surface area contributed by atoms with Gasteiger partial charge >= 0.3 is 11.9 Å². The first-order valence-corrected chi connectivity index (χ1v) is 6.72. The van der Waals surface area contributed by atoms with Gasteiger partial charge in [0.2, 0.25) is 5.91 Å². The van der Waals surface area contributed by atoms with E-state index in [4.69, 9.17) is 10.2 Å². The molecule has 0 aliphatic carbocycles. The van der Waals surface area contributed by atoms with Gasteiger partial charge in [-0.3, -0.25) is 9.59 Å². The smallest absolute Gasteiger partial charge is 0.326 e. The van der Waals surface area contributed by atoms with Crippen LogP contribution in [0, 0.1) is 5.41 Å². The largest absolute Gasteiger partial charge is 0.481 e. The summed E-state index contributed by atoms with van der Waals surface area (Å²) in [6.45, 7) is 4.63. The van der Waals surface area contributed by atoms with E-state index in [0.717, 1.165) is 12.8 Å². The lowest BCUT2D eigenvalue weighted by Gasteiger charge is -2.38. The number of piperidine rings is 1. The van der Waals surface area contributed by atoms with Crippen molar-refractivity contribution in [3.63, 3.8) is 0 Å². The number of carbonyl (C=O) groups excluding carboxylic acids is 1. The van der Waals surface area contributed by atoms with Crippen molar-refractivity contribution in [1.82, 2.24) is 10.6 Å². The minimum Gasteiger partial charge on any atom is -0.481 e. The van der Waals surface area contributed by atoms with Crippen molar-refractivity contribution in [2.24, 2.45) is 5.41 Å². The van der Waals surface area contributed by atoms with Gasteiger partial charge in [0.1, 0.15) is 6.04 Å². The third kappa shape index (κ3) is 4.48. The van der Waals surface area contributed by atoms with E-state index in [2.05, 4.69) is 10.6 Å². The van der Waals surface area contributed by atoms with Gasteiger partial charge in [0.15, 0.2) is 0 Å². The third-order valence-electron chi connectivity index (χ3n) is 3.65. The van der Waals surface area contributed by atoms with Crippen molar-refractivity contribution < 1.29 is 24.6 Å². The van der Waals surface area contributed by atoms with Crippen LogP contribution in [0.5, 0.6) is 0 Å². The van der Waals surface area contributed by atoms with Crippen molar-refractivity contribution in [3.05, 3.63) is 0 Å². The number of hydrogen-bond acceptors (Lipinski definition) is 4. The topological polar surface area (TPSA) is 116 Å². The highest BCUT2D eigenvalue weighted by Gasteiger charge is 2.38. The van der Waals surface area contributed by atoms with Gasteiger partial charge in [0.05, 0.1) is 6.04 Å². The number of carboxylic acid groups (broad SMARTS) is 2. The second kappa shape index (κ2) is 6.69. The molecule has 1 saturated heterocycles. The number of carboxylic acids is 2. The average Bonchev–Trinajstić information content (AvgIpc) is 2.32. The highest BCUT2D eigenvalue weighted by molar-refractivity contribution is 5.87. The first-order valence-electron chi connectivity index (χ1n) is 6.72. The van der Waals surface area contributed by atoms with Gasteiger partial charge in [-0.1, -0.05) is 13.8 Å². The van der Waals surface area contributed by atoms with Crippen molar-refractivity contribution >= 4 is 17.8 Å². The Balaban J connectivity index is 2.65. The SMILES string of the molecule is CC1(C)CCCNC1C(=O)N[C@@H](CCC(=O)O)C(=O)O. The fourth-order valence-corrected chi connectivity index (χ4v) is 2.44. The molecular formula is C13H22N2O5. The predicted molar refractivity (Wildman–Crippen MR) is 71.2 cm³/mol. The highest BCUT2D eigenvalue weighted by Crippen LogP contribution is 2.30. The molecule has 2 atom stereocenters. The zero-order valence-corrected chi connectivity index (χ0v) is 11.8. The lowest BCUT2D eigenvalue weighted by molar-refractivity contribution is -0.144. The van der Waals surface area contributed by atoms with Gasteiger partial charge in [-0.05, 0) is 31.2 Å². The molecular weight excluding hydrogens is 264 g/mol. The first kappa shape index (κ1) is 16.4. The van der Waals surface area contributed by atoms with Crippen LogP contribution in [0.2, 0.25) is 0 Å². The Hall–Kier alpha value is -1.63. The first-order chi connectivity index (χ1) is 9.24. The molecule has 1 unspecified atom stereocenters. The minimum atomic E-state index is -1.21. The summed E-state index contributed by atoms with van der Waals surface area (Å²) in [4.78, 5) is 33.8. The second-order valence-corrected chi connectivity index (χ2v) is 5.81. The summed E-state index contributed by atoms with van der Waals surface area (Å²) in [5.41, 5.74) is -0.252. The Morgan fingerprint density at radius 3 is 2.50 bits per heavy atom. The van der Waals surface area contributed by atoms with Crippen LogP contribution in [0.15, 0.2) is 0 Å². The van der Waals surface area contributed by atoms with E-state index in [9.17, 15) is 14.4 Å². The zero-order valence-electron chi connectivity index (χ0n) is 11.8. The monoisotopic (exact) mass is 286 g/mol. The number of hydrogen-bond donors (Lipinski definition) is 4. The molecule has 7 heteroatoms. The van der Waals surface area contributed by atoms with Crippen molar-refractivity contribution in [1.29, 1.82) is 0 Å². The van der Waals surface area contributed by atoms with Crippen molar-refractivity contribution in [2.75, 3.05) is 6.54 Å². The molecule has 0 saturated carbocycles. The maximum atomic E-state index is 12.2. The Kier molecular flexibility index (Phi) is 5.50. The van der Waals surface area contributed by atoms with E-state index < -0.39 is 24.0 Å². The van der Waals surface area contributed by atoms with E-state index in [0.29, 0.717) is 6.54 Å². The third-order valence-corrected chi connectivity index (χ3v) is 3.65. The minimum absolute atomic E-state index is 0.121. The number of rotatable bonds is 6. The van der Waals surface area contributed by atoms with Gasteiger partial charge in [-0.2, -0.15) is 0 Å². The second-order valence-electron chi connectivity index (χ2n) is 5.81. The normalized spacial score (nSPS) is 22.8. The summed E-state index contributed by atoms with van der Waals surface area (Å²) < 4.78 is 0. The summed E-state index contributed by atoms with van der Waals surface area (Å²) in [5, 5.41) is 23.2. The molecule has 1 heterocycles. The van der Waals surface area contributed by atoms with Gasteiger partial charge in [-0.25, -0.2) is 4.79 Å². The molecule has 1 rings (SSSR count). The molecule has 0 aromatic carbocycles. The molecule has 20 heavy (non-hydrogen) atoms. The summed E-state index contributed by atoms with van der Waals surface area (Å²) in [6.07, 6.45) is 1.44. The van der Waals surface area contributed by atoms with Crippen LogP contribution in [0.3, 0.4) is 0 Å². The van der Waals surface area contributed by atoms with Gasteiger partial charge in [-0.15, -0.1) is 0 Å². The summed E-state index contributed by atoms with van der Waals surface area (Å²) in [7, 11) is 0. The van der Waals surface area contributed by atoms with E-state index in [-0.39, 0.29) is 24.2 Å². The van der Waals surface area contributed by atoms with Gasteiger partial charge < -0.3 is 20.8 Å². The van der Waals surface area contributed by atoms with Crippen LogP contribution in [-0.4, -0.2) is 46.7 Å². The molecule has 0 spiro atoms. The molecule has 0 aromatic rings. The van der Waals surface area contributed by atoms with Crippen LogP contribution in [-0.2, 0) is 14.4 Å². The highest BCUT2D eigenvalue weighted by atomic mass is 16.4. The van der Waals surface area contributed by atoms with E-state index >= 15 is 0 Å². The average molecular weight is 286 g/mol. The maximum Gasteiger partial charge on any atom is 0.326 e. The fourth-order valence-electron chi connectivity index (χ4n) is 2.44. The summed E-state index contributed by atoms with van der Waals surface area (Å²) in [5.74, 6) is -2.68. The zero-order chi connectivity index (χ0) is 15.3. The standard InChI is InChI=1S/C13H22N2O5/c1-13(2)6-3-7-14-10(13)11(18)15-8(12(19)20)4-5-9(16)17/h8,10,14H,3-7H2,1-2H3,(H,15,18)(H,16,17)(H,19,20)/t8-,10?/m0/s1. The molecule has 0 radical (unpaired) electrons. The summed E-state index contributed by atoms with van der Waals surface area (Å²) >= 11 is 0. The molecule has 114 valence electrons.